The van der Waals surface area contributed by atoms with Crippen molar-refractivity contribution in [1.82, 2.24) is 25.2 Å². The fraction of sp³-hybridized carbons (Fsp3) is 0.714. The standard InChI is InChI=1S/C7H13N5/c1-11-7(8-6-10-11)5-12-4-2-3-9-12/h6,9H,2-5H2,1H3. The van der Waals surface area contributed by atoms with Crippen LogP contribution in [-0.2, 0) is 13.6 Å². The monoisotopic (exact) mass is 167 g/mol. The number of aromatic nitrogens is 3. The van der Waals surface area contributed by atoms with E-state index in [2.05, 4.69) is 20.5 Å². The summed E-state index contributed by atoms with van der Waals surface area (Å²) in [6.45, 7) is 3.03. The summed E-state index contributed by atoms with van der Waals surface area (Å²) in [5.74, 6) is 1.00. The molecule has 0 saturated carbocycles. The van der Waals surface area contributed by atoms with E-state index >= 15 is 0 Å². The van der Waals surface area contributed by atoms with Gasteiger partial charge in [-0.15, -0.1) is 0 Å². The van der Waals surface area contributed by atoms with Crippen molar-refractivity contribution in [2.45, 2.75) is 13.0 Å². The molecule has 1 fully saturated rings. The van der Waals surface area contributed by atoms with Crippen molar-refractivity contribution in [2.75, 3.05) is 13.1 Å². The highest BCUT2D eigenvalue weighted by Crippen LogP contribution is 2.01. The lowest BCUT2D eigenvalue weighted by molar-refractivity contribution is 0.234. The van der Waals surface area contributed by atoms with E-state index in [9.17, 15) is 0 Å². The molecular weight excluding hydrogens is 154 g/mol. The van der Waals surface area contributed by atoms with Crippen molar-refractivity contribution in [2.24, 2.45) is 7.05 Å². The van der Waals surface area contributed by atoms with Crippen LogP contribution in [0.3, 0.4) is 0 Å². The van der Waals surface area contributed by atoms with E-state index in [0.29, 0.717) is 0 Å². The van der Waals surface area contributed by atoms with Crippen LogP contribution in [0.2, 0.25) is 0 Å². The third-order valence-electron chi connectivity index (χ3n) is 2.08. The summed E-state index contributed by atoms with van der Waals surface area (Å²) in [5.41, 5.74) is 3.27. The topological polar surface area (TPSA) is 46.0 Å². The number of nitrogens with one attached hydrogen (secondary N) is 1. The van der Waals surface area contributed by atoms with E-state index in [-0.39, 0.29) is 0 Å². The molecule has 1 aliphatic rings. The zero-order valence-corrected chi connectivity index (χ0v) is 7.19. The van der Waals surface area contributed by atoms with Gasteiger partial charge in [0.05, 0.1) is 6.54 Å². The molecule has 0 radical (unpaired) electrons. The maximum Gasteiger partial charge on any atom is 0.142 e. The Labute approximate surface area is 71.4 Å². The Bertz CT molecular complexity index is 250. The molecule has 1 aromatic heterocycles. The van der Waals surface area contributed by atoms with Crippen LogP contribution < -0.4 is 5.43 Å². The summed E-state index contributed by atoms with van der Waals surface area (Å²) >= 11 is 0. The first-order chi connectivity index (χ1) is 5.86. The van der Waals surface area contributed by atoms with Gasteiger partial charge < -0.3 is 0 Å². The number of nitrogens with zero attached hydrogens (tertiary/aromatic N) is 4. The number of hydrogen-bond donors (Lipinski definition) is 1. The van der Waals surface area contributed by atoms with Crippen LogP contribution in [0, 0.1) is 0 Å². The minimum absolute atomic E-state index is 0.844. The summed E-state index contributed by atoms with van der Waals surface area (Å²) in [5, 5.41) is 6.18. The Balaban J connectivity index is 1.98. The molecule has 2 rings (SSSR count). The fourth-order valence-electron chi connectivity index (χ4n) is 1.36. The average Bonchev–Trinajstić information content (AvgIpc) is 2.65. The van der Waals surface area contributed by atoms with Gasteiger partial charge in [-0.3, -0.25) is 10.1 Å². The Morgan fingerprint density at radius 1 is 1.67 bits per heavy atom. The maximum absolute atomic E-state index is 4.15. The lowest BCUT2D eigenvalue weighted by Crippen LogP contribution is -2.31. The lowest BCUT2D eigenvalue weighted by atomic mass is 10.4. The van der Waals surface area contributed by atoms with Crippen LogP contribution in [0.4, 0.5) is 0 Å². The summed E-state index contributed by atoms with van der Waals surface area (Å²) in [6, 6.07) is 0. The molecule has 1 aromatic rings. The summed E-state index contributed by atoms with van der Waals surface area (Å²) < 4.78 is 1.81. The molecule has 0 amide bonds. The van der Waals surface area contributed by atoms with Crippen LogP contribution in [0.15, 0.2) is 6.33 Å². The summed E-state index contributed by atoms with van der Waals surface area (Å²) in [7, 11) is 1.92. The van der Waals surface area contributed by atoms with E-state index in [1.54, 1.807) is 11.0 Å². The highest BCUT2D eigenvalue weighted by atomic mass is 15.5. The van der Waals surface area contributed by atoms with Gasteiger partial charge in [0, 0.05) is 20.1 Å². The van der Waals surface area contributed by atoms with E-state index in [1.165, 1.54) is 6.42 Å². The van der Waals surface area contributed by atoms with Crippen LogP contribution >= 0.6 is 0 Å². The first kappa shape index (κ1) is 7.70. The Hall–Kier alpha value is -0.940. The molecule has 0 aliphatic carbocycles. The van der Waals surface area contributed by atoms with Crippen molar-refractivity contribution in [3.63, 3.8) is 0 Å². The van der Waals surface area contributed by atoms with Crippen molar-refractivity contribution in [1.29, 1.82) is 0 Å². The van der Waals surface area contributed by atoms with Gasteiger partial charge in [0.15, 0.2) is 0 Å². The Kier molecular flexibility index (Phi) is 2.05. The highest BCUT2D eigenvalue weighted by Gasteiger charge is 2.12. The molecule has 0 bridgehead atoms. The zero-order chi connectivity index (χ0) is 8.39. The predicted molar refractivity (Wildman–Crippen MR) is 44.0 cm³/mol. The van der Waals surface area contributed by atoms with Gasteiger partial charge >= 0.3 is 0 Å². The van der Waals surface area contributed by atoms with E-state index in [0.717, 1.165) is 25.5 Å². The first-order valence-corrected chi connectivity index (χ1v) is 4.17. The highest BCUT2D eigenvalue weighted by molar-refractivity contribution is 4.83. The Morgan fingerprint density at radius 2 is 2.58 bits per heavy atom. The molecule has 5 nitrogen and oxygen atoms in total. The van der Waals surface area contributed by atoms with Gasteiger partial charge in [-0.05, 0) is 6.42 Å². The largest absolute Gasteiger partial charge is 0.255 e. The number of hydrogen-bond acceptors (Lipinski definition) is 4. The third-order valence-corrected chi connectivity index (χ3v) is 2.08. The second-order valence-electron chi connectivity index (χ2n) is 2.98. The second kappa shape index (κ2) is 3.20. The minimum atomic E-state index is 0.844. The van der Waals surface area contributed by atoms with Crippen molar-refractivity contribution in [3.8, 4) is 0 Å². The Morgan fingerprint density at radius 3 is 3.17 bits per heavy atom. The van der Waals surface area contributed by atoms with E-state index in [1.807, 2.05) is 7.05 Å². The molecule has 5 heteroatoms. The second-order valence-corrected chi connectivity index (χ2v) is 2.98. The van der Waals surface area contributed by atoms with Gasteiger partial charge in [0.2, 0.25) is 0 Å². The smallest absolute Gasteiger partial charge is 0.142 e. The number of hydrazine groups is 1. The first-order valence-electron chi connectivity index (χ1n) is 4.17. The van der Waals surface area contributed by atoms with Crippen molar-refractivity contribution in [3.05, 3.63) is 12.2 Å². The van der Waals surface area contributed by atoms with Crippen LogP contribution in [0.5, 0.6) is 0 Å². The van der Waals surface area contributed by atoms with Crippen molar-refractivity contribution < 1.29 is 0 Å². The summed E-state index contributed by atoms with van der Waals surface area (Å²) in [6.07, 6.45) is 2.81. The maximum atomic E-state index is 4.15. The molecule has 66 valence electrons. The zero-order valence-electron chi connectivity index (χ0n) is 7.19. The van der Waals surface area contributed by atoms with Crippen LogP contribution in [0.1, 0.15) is 12.2 Å². The molecule has 0 unspecified atom stereocenters. The summed E-state index contributed by atoms with van der Waals surface area (Å²) in [4.78, 5) is 4.15. The van der Waals surface area contributed by atoms with Gasteiger partial charge in [0.1, 0.15) is 12.2 Å². The third kappa shape index (κ3) is 1.46. The van der Waals surface area contributed by atoms with Crippen LogP contribution in [-0.4, -0.2) is 32.9 Å². The molecular formula is C7H13N5. The van der Waals surface area contributed by atoms with Gasteiger partial charge in [-0.25, -0.2) is 9.99 Å². The molecule has 0 spiro atoms. The molecule has 12 heavy (non-hydrogen) atoms. The molecule has 1 N–H and O–H groups in total. The minimum Gasteiger partial charge on any atom is -0.255 e. The van der Waals surface area contributed by atoms with Crippen LogP contribution in [0.25, 0.3) is 0 Å². The number of rotatable bonds is 2. The number of aryl methyl sites for hydroxylation is 1. The van der Waals surface area contributed by atoms with Gasteiger partial charge in [-0.1, -0.05) is 0 Å². The normalized spacial score (nSPS) is 18.8. The molecule has 0 aromatic carbocycles. The van der Waals surface area contributed by atoms with E-state index < -0.39 is 0 Å². The van der Waals surface area contributed by atoms with Gasteiger partial charge in [-0.2, -0.15) is 5.10 Å². The fourth-order valence-corrected chi connectivity index (χ4v) is 1.36. The SMILES string of the molecule is Cn1ncnc1CN1CCCN1. The molecule has 2 heterocycles. The average molecular weight is 167 g/mol. The predicted octanol–water partition coefficient (Wildman–Crippen LogP) is -0.475. The molecule has 1 saturated heterocycles. The van der Waals surface area contributed by atoms with E-state index in [4.69, 9.17) is 0 Å². The lowest BCUT2D eigenvalue weighted by Gasteiger charge is -2.13. The molecule has 0 atom stereocenters. The van der Waals surface area contributed by atoms with Gasteiger partial charge in [0.25, 0.3) is 0 Å². The van der Waals surface area contributed by atoms with Crippen molar-refractivity contribution >= 4 is 0 Å². The molecule has 1 aliphatic heterocycles. The quantitative estimate of drug-likeness (QED) is 0.646.